The molecule has 2 aromatic rings. The van der Waals surface area contributed by atoms with Gasteiger partial charge in [0.2, 0.25) is 17.7 Å². The molecule has 3 fully saturated rings. The minimum atomic E-state index is -1.34. The molecule has 0 aromatic heterocycles. The van der Waals surface area contributed by atoms with Gasteiger partial charge in [-0.2, -0.15) is 0 Å². The molecular weight excluding hydrogens is 466 g/mol. The zero-order valence-electron chi connectivity index (χ0n) is 20.0. The number of nitrogens with one attached hydrogen (secondary N) is 2. The summed E-state index contributed by atoms with van der Waals surface area (Å²) in [6, 6.07) is 12.6. The highest BCUT2D eigenvalue weighted by Gasteiger charge is 2.41. The Hall–Kier alpha value is -3.33. The fourth-order valence-electron chi connectivity index (χ4n) is 5.07. The Balaban J connectivity index is 1.35. The summed E-state index contributed by atoms with van der Waals surface area (Å²) in [7, 11) is 0. The van der Waals surface area contributed by atoms with E-state index in [1.54, 1.807) is 6.07 Å². The minimum Gasteiger partial charge on any atom is -0.343 e. The second kappa shape index (κ2) is 10.3. The fraction of sp³-hybridized carbons (Fsp3) is 0.444. The van der Waals surface area contributed by atoms with E-state index >= 15 is 0 Å². The number of likely N-dealkylation sites (tertiary alicyclic amines) is 1. The second-order valence-electron chi connectivity index (χ2n) is 9.79. The number of carbonyl (C=O) groups excluding carboxylic acids is 3. The molecule has 2 heterocycles. The number of benzene rings is 2. The maximum absolute atomic E-state index is 14.9. The van der Waals surface area contributed by atoms with Gasteiger partial charge in [-0.05, 0) is 41.5 Å². The van der Waals surface area contributed by atoms with Crippen LogP contribution in [-0.2, 0) is 14.4 Å². The van der Waals surface area contributed by atoms with Crippen molar-refractivity contribution in [2.45, 2.75) is 43.4 Å². The van der Waals surface area contributed by atoms with E-state index in [0.717, 1.165) is 18.4 Å². The van der Waals surface area contributed by atoms with Gasteiger partial charge in [0.15, 0.2) is 0 Å². The molecule has 9 heteroatoms. The van der Waals surface area contributed by atoms with Crippen LogP contribution in [0.2, 0.25) is 0 Å². The number of carbonyl (C=O) groups is 3. The van der Waals surface area contributed by atoms with E-state index in [9.17, 15) is 23.2 Å². The minimum absolute atomic E-state index is 0.121. The molecule has 2 saturated heterocycles. The van der Waals surface area contributed by atoms with Gasteiger partial charge in [0.1, 0.15) is 18.0 Å². The van der Waals surface area contributed by atoms with E-state index in [4.69, 9.17) is 0 Å². The summed E-state index contributed by atoms with van der Waals surface area (Å²) in [5, 5.41) is 5.89. The lowest BCUT2D eigenvalue weighted by molar-refractivity contribution is -0.144. The molecule has 1 aliphatic carbocycles. The van der Waals surface area contributed by atoms with Crippen molar-refractivity contribution >= 4 is 17.7 Å². The molecule has 3 amide bonds. The van der Waals surface area contributed by atoms with Gasteiger partial charge in [0, 0.05) is 19.5 Å². The number of piperazine rings is 1. The van der Waals surface area contributed by atoms with E-state index in [1.807, 2.05) is 36.4 Å². The van der Waals surface area contributed by atoms with Gasteiger partial charge >= 0.3 is 0 Å². The lowest BCUT2D eigenvalue weighted by Crippen LogP contribution is -2.54. The molecule has 5 rings (SSSR count). The van der Waals surface area contributed by atoms with E-state index in [1.165, 1.54) is 15.9 Å². The average Bonchev–Trinajstić information content (AvgIpc) is 3.64. The van der Waals surface area contributed by atoms with Crippen LogP contribution in [0.5, 0.6) is 0 Å². The summed E-state index contributed by atoms with van der Waals surface area (Å²) in [6.07, 6.45) is 0.493. The topological polar surface area (TPSA) is 81.8 Å². The first-order chi connectivity index (χ1) is 17.4. The first-order valence-electron chi connectivity index (χ1n) is 12.5. The smallest absolute Gasteiger partial charge is 0.243 e. The number of hydrogen-bond donors (Lipinski definition) is 2. The molecule has 2 aliphatic heterocycles. The van der Waals surface area contributed by atoms with Crippen LogP contribution < -0.4 is 10.6 Å². The van der Waals surface area contributed by atoms with Gasteiger partial charge in [-0.25, -0.2) is 8.78 Å². The molecule has 1 saturated carbocycles. The van der Waals surface area contributed by atoms with Crippen LogP contribution in [-0.4, -0.2) is 72.5 Å². The van der Waals surface area contributed by atoms with Crippen molar-refractivity contribution in [3.63, 3.8) is 0 Å². The Morgan fingerprint density at radius 2 is 1.89 bits per heavy atom. The molecule has 7 nitrogen and oxygen atoms in total. The van der Waals surface area contributed by atoms with Crippen molar-refractivity contribution in [1.29, 1.82) is 0 Å². The Bertz CT molecular complexity index is 1140. The lowest BCUT2D eigenvalue weighted by atomic mass is 9.96. The van der Waals surface area contributed by atoms with Crippen LogP contribution in [0.15, 0.2) is 48.5 Å². The van der Waals surface area contributed by atoms with Crippen LogP contribution in [0.25, 0.3) is 0 Å². The Morgan fingerprint density at radius 1 is 1.11 bits per heavy atom. The Labute approximate surface area is 208 Å². The molecule has 0 radical (unpaired) electrons. The molecule has 2 N–H and O–H groups in total. The van der Waals surface area contributed by atoms with Crippen LogP contribution in [0.3, 0.4) is 0 Å². The van der Waals surface area contributed by atoms with Crippen molar-refractivity contribution in [3.8, 4) is 0 Å². The first-order valence-corrected chi connectivity index (χ1v) is 12.5. The predicted octanol–water partition coefficient (Wildman–Crippen LogP) is 2.28. The van der Waals surface area contributed by atoms with Crippen molar-refractivity contribution in [3.05, 3.63) is 71.0 Å². The maximum atomic E-state index is 14.9. The maximum Gasteiger partial charge on any atom is 0.243 e. The van der Waals surface area contributed by atoms with Gasteiger partial charge < -0.3 is 20.4 Å². The lowest BCUT2D eigenvalue weighted by Gasteiger charge is -2.31. The van der Waals surface area contributed by atoms with E-state index in [0.29, 0.717) is 24.2 Å². The van der Waals surface area contributed by atoms with Gasteiger partial charge in [0.25, 0.3) is 0 Å². The second-order valence-corrected chi connectivity index (χ2v) is 9.79. The molecule has 3 atom stereocenters. The SMILES string of the molecule is O=C(NC(c1ccccc1)c1ccc(C2CC2)c(F)c1)C1CC(F)CN1C(=O)CN1CCNCC1=O. The molecule has 0 bridgehead atoms. The largest absolute Gasteiger partial charge is 0.343 e. The molecular formula is C27H30F2N4O3. The predicted molar refractivity (Wildman–Crippen MR) is 129 cm³/mol. The van der Waals surface area contributed by atoms with Gasteiger partial charge in [-0.15, -0.1) is 0 Å². The summed E-state index contributed by atoms with van der Waals surface area (Å²) in [4.78, 5) is 41.2. The van der Waals surface area contributed by atoms with E-state index in [2.05, 4.69) is 10.6 Å². The standard InChI is InChI=1S/C27H30F2N4O3/c28-20-13-23(33(15-20)25(35)16-32-11-10-30-14-24(32)34)27(36)31-26(18-4-2-1-3-5-18)19-8-9-21(17-6-7-17)22(29)12-19/h1-5,8-9,12,17,20,23,26,30H,6-7,10-11,13-16H2,(H,31,36). The molecule has 2 aromatic carbocycles. The van der Waals surface area contributed by atoms with Crippen molar-refractivity contribution in [2.24, 2.45) is 0 Å². The number of halogens is 2. The van der Waals surface area contributed by atoms with Gasteiger partial charge in [-0.1, -0.05) is 42.5 Å². The summed E-state index contributed by atoms with van der Waals surface area (Å²) >= 11 is 0. The fourth-order valence-corrected chi connectivity index (χ4v) is 5.07. The Kier molecular flexibility index (Phi) is 7.00. The monoisotopic (exact) mass is 496 g/mol. The van der Waals surface area contributed by atoms with Crippen molar-refractivity contribution < 1.29 is 23.2 Å². The number of amides is 3. The summed E-state index contributed by atoms with van der Waals surface area (Å²) in [6.45, 7) is 0.721. The van der Waals surface area contributed by atoms with Crippen LogP contribution in [0.4, 0.5) is 8.78 Å². The van der Waals surface area contributed by atoms with Crippen LogP contribution in [0.1, 0.15) is 47.9 Å². The van der Waals surface area contributed by atoms with Gasteiger partial charge in [0.05, 0.1) is 25.7 Å². The molecule has 3 unspecified atom stereocenters. The normalized spacial score (nSPS) is 23.0. The summed E-state index contributed by atoms with van der Waals surface area (Å²) < 4.78 is 29.3. The third-order valence-electron chi connectivity index (χ3n) is 7.18. The Morgan fingerprint density at radius 3 is 2.58 bits per heavy atom. The zero-order valence-corrected chi connectivity index (χ0v) is 20.0. The van der Waals surface area contributed by atoms with Crippen LogP contribution >= 0.6 is 0 Å². The third kappa shape index (κ3) is 5.26. The number of alkyl halides is 1. The van der Waals surface area contributed by atoms with E-state index in [-0.39, 0.29) is 43.7 Å². The molecule has 190 valence electrons. The summed E-state index contributed by atoms with van der Waals surface area (Å²) in [5.74, 6) is -1.21. The highest BCUT2D eigenvalue weighted by Crippen LogP contribution is 2.42. The highest BCUT2D eigenvalue weighted by atomic mass is 19.1. The number of nitrogens with zero attached hydrogens (tertiary/aromatic N) is 2. The molecule has 3 aliphatic rings. The quantitative estimate of drug-likeness (QED) is 0.617. The zero-order chi connectivity index (χ0) is 25.2. The average molecular weight is 497 g/mol. The number of hydrogen-bond acceptors (Lipinski definition) is 4. The van der Waals surface area contributed by atoms with Gasteiger partial charge in [-0.3, -0.25) is 14.4 Å². The van der Waals surface area contributed by atoms with Crippen molar-refractivity contribution in [2.75, 3.05) is 32.7 Å². The summed E-state index contributed by atoms with van der Waals surface area (Å²) in [5.41, 5.74) is 2.02. The number of rotatable bonds is 7. The highest BCUT2D eigenvalue weighted by molar-refractivity contribution is 5.91. The molecule has 36 heavy (non-hydrogen) atoms. The first kappa shape index (κ1) is 24.4. The van der Waals surface area contributed by atoms with Crippen molar-refractivity contribution in [1.82, 2.24) is 20.4 Å². The molecule has 0 spiro atoms. The van der Waals surface area contributed by atoms with Crippen LogP contribution in [0, 0.1) is 5.82 Å². The van der Waals surface area contributed by atoms with E-state index < -0.39 is 30.1 Å². The third-order valence-corrected chi connectivity index (χ3v) is 7.18.